The van der Waals surface area contributed by atoms with E-state index in [0.29, 0.717) is 0 Å². The number of hydrogen-bond acceptors (Lipinski definition) is 3. The molecule has 21 heavy (non-hydrogen) atoms. The maximum atomic E-state index is 11.8. The normalized spacial score (nSPS) is 12.0. The summed E-state index contributed by atoms with van der Waals surface area (Å²) in [6, 6.07) is 8.51. The lowest BCUT2D eigenvalue weighted by Gasteiger charge is -2.18. The first-order valence-corrected chi connectivity index (χ1v) is 8.14. The maximum Gasteiger partial charge on any atom is 0.171 e. The second-order valence-electron chi connectivity index (χ2n) is 6.77. The largest absolute Gasteiger partial charge is 0.294 e. The van der Waals surface area contributed by atoms with Gasteiger partial charge in [-0.15, -0.1) is 11.3 Å². The fraction of sp³-hybridized carbons (Fsp3) is 0.444. The van der Waals surface area contributed by atoms with E-state index in [0.717, 1.165) is 21.1 Å². The van der Waals surface area contributed by atoms with Crippen molar-refractivity contribution in [1.29, 1.82) is 0 Å². The van der Waals surface area contributed by atoms with E-state index in [4.69, 9.17) is 4.98 Å². The minimum atomic E-state index is 0.105. The standard InChI is InChI=1S/C18H23NOS/c1-11(2)15-16(12(3)20)21-17(19-15)13-7-9-14(10-8-13)18(4,5)6/h7-11H,1-6H3. The predicted octanol–water partition coefficient (Wildman–Crippen LogP) is 5.43. The molecule has 2 aromatic rings. The summed E-state index contributed by atoms with van der Waals surface area (Å²) in [5.41, 5.74) is 3.46. The van der Waals surface area contributed by atoms with E-state index in [2.05, 4.69) is 58.9 Å². The number of thiazole rings is 1. The molecule has 3 heteroatoms. The number of Topliss-reactive ketones (excluding diaryl/α,β-unsaturated/α-hetero) is 1. The van der Waals surface area contributed by atoms with Crippen LogP contribution in [0.4, 0.5) is 0 Å². The van der Waals surface area contributed by atoms with E-state index in [-0.39, 0.29) is 17.1 Å². The second-order valence-corrected chi connectivity index (χ2v) is 7.77. The highest BCUT2D eigenvalue weighted by molar-refractivity contribution is 7.17. The molecule has 0 spiro atoms. The van der Waals surface area contributed by atoms with Crippen molar-refractivity contribution in [1.82, 2.24) is 4.98 Å². The molecular formula is C18H23NOS. The van der Waals surface area contributed by atoms with Crippen LogP contribution in [0.25, 0.3) is 10.6 Å². The van der Waals surface area contributed by atoms with Crippen LogP contribution in [0.15, 0.2) is 24.3 Å². The molecule has 0 N–H and O–H groups in total. The first kappa shape index (κ1) is 15.9. The van der Waals surface area contributed by atoms with E-state index in [1.54, 1.807) is 6.92 Å². The third-order valence-electron chi connectivity index (χ3n) is 3.52. The molecule has 0 saturated carbocycles. The first-order chi connectivity index (χ1) is 9.70. The quantitative estimate of drug-likeness (QED) is 0.707. The summed E-state index contributed by atoms with van der Waals surface area (Å²) < 4.78 is 0. The van der Waals surface area contributed by atoms with Crippen LogP contribution in [0.2, 0.25) is 0 Å². The van der Waals surface area contributed by atoms with Crippen molar-refractivity contribution in [3.05, 3.63) is 40.4 Å². The highest BCUT2D eigenvalue weighted by atomic mass is 32.1. The Morgan fingerprint density at radius 2 is 1.71 bits per heavy atom. The molecule has 112 valence electrons. The lowest BCUT2D eigenvalue weighted by molar-refractivity contribution is 0.102. The number of carbonyl (C=O) groups excluding carboxylic acids is 1. The van der Waals surface area contributed by atoms with Gasteiger partial charge in [-0.1, -0.05) is 58.9 Å². The molecule has 1 aromatic heterocycles. The summed E-state index contributed by atoms with van der Waals surface area (Å²) in [5.74, 6) is 0.372. The molecule has 0 atom stereocenters. The number of rotatable bonds is 3. The van der Waals surface area contributed by atoms with Crippen LogP contribution in [0.3, 0.4) is 0 Å². The van der Waals surface area contributed by atoms with Gasteiger partial charge in [0, 0.05) is 12.5 Å². The fourth-order valence-electron chi connectivity index (χ4n) is 2.21. The molecule has 0 aliphatic rings. The molecule has 1 aromatic carbocycles. The van der Waals surface area contributed by atoms with Crippen molar-refractivity contribution in [3.8, 4) is 10.6 Å². The van der Waals surface area contributed by atoms with E-state index in [9.17, 15) is 4.79 Å². The monoisotopic (exact) mass is 301 g/mol. The number of carbonyl (C=O) groups is 1. The fourth-order valence-corrected chi connectivity index (χ4v) is 3.33. The summed E-state index contributed by atoms with van der Waals surface area (Å²) in [7, 11) is 0. The van der Waals surface area contributed by atoms with Crippen LogP contribution in [-0.2, 0) is 5.41 Å². The molecule has 0 bridgehead atoms. The zero-order chi connectivity index (χ0) is 15.8. The van der Waals surface area contributed by atoms with Crippen LogP contribution in [-0.4, -0.2) is 10.8 Å². The Morgan fingerprint density at radius 3 is 2.10 bits per heavy atom. The Morgan fingerprint density at radius 1 is 1.14 bits per heavy atom. The molecule has 0 amide bonds. The van der Waals surface area contributed by atoms with Crippen molar-refractivity contribution in [2.45, 2.75) is 52.9 Å². The summed E-state index contributed by atoms with van der Waals surface area (Å²) in [6.07, 6.45) is 0. The highest BCUT2D eigenvalue weighted by Gasteiger charge is 2.19. The molecule has 0 saturated heterocycles. The third kappa shape index (κ3) is 3.41. The minimum absolute atomic E-state index is 0.105. The van der Waals surface area contributed by atoms with Crippen LogP contribution in [0.5, 0.6) is 0 Å². The topological polar surface area (TPSA) is 30.0 Å². The van der Waals surface area contributed by atoms with Crippen LogP contribution in [0, 0.1) is 0 Å². The molecule has 0 radical (unpaired) electrons. The molecular weight excluding hydrogens is 278 g/mol. The van der Waals surface area contributed by atoms with Gasteiger partial charge in [-0.25, -0.2) is 4.98 Å². The van der Waals surface area contributed by atoms with Crippen LogP contribution < -0.4 is 0 Å². The Kier molecular flexibility index (Phi) is 4.33. The third-order valence-corrected chi connectivity index (χ3v) is 4.74. The zero-order valence-corrected chi connectivity index (χ0v) is 14.5. The van der Waals surface area contributed by atoms with E-state index in [1.807, 2.05) is 0 Å². The predicted molar refractivity (Wildman–Crippen MR) is 90.3 cm³/mol. The summed E-state index contributed by atoms with van der Waals surface area (Å²) in [4.78, 5) is 17.3. The molecule has 0 unspecified atom stereocenters. The van der Waals surface area contributed by atoms with Gasteiger partial charge >= 0.3 is 0 Å². The van der Waals surface area contributed by atoms with E-state index < -0.39 is 0 Å². The number of benzene rings is 1. The maximum absolute atomic E-state index is 11.8. The van der Waals surface area contributed by atoms with Gasteiger partial charge in [0.05, 0.1) is 10.6 Å². The van der Waals surface area contributed by atoms with Gasteiger partial charge in [-0.3, -0.25) is 4.79 Å². The summed E-state index contributed by atoms with van der Waals surface area (Å²) in [6.45, 7) is 12.4. The lowest BCUT2D eigenvalue weighted by Crippen LogP contribution is -2.10. The molecule has 0 fully saturated rings. The van der Waals surface area contributed by atoms with Crippen molar-refractivity contribution < 1.29 is 4.79 Å². The minimum Gasteiger partial charge on any atom is -0.294 e. The molecule has 2 rings (SSSR count). The number of nitrogens with zero attached hydrogens (tertiary/aromatic N) is 1. The van der Waals surface area contributed by atoms with E-state index >= 15 is 0 Å². The lowest BCUT2D eigenvalue weighted by atomic mass is 9.87. The van der Waals surface area contributed by atoms with Crippen molar-refractivity contribution in [2.75, 3.05) is 0 Å². The number of aromatic nitrogens is 1. The Hall–Kier alpha value is -1.48. The SMILES string of the molecule is CC(=O)c1sc(-c2ccc(C(C)(C)C)cc2)nc1C(C)C. The van der Waals surface area contributed by atoms with E-state index in [1.165, 1.54) is 16.9 Å². The van der Waals surface area contributed by atoms with Gasteiger partial charge in [0.15, 0.2) is 5.78 Å². The van der Waals surface area contributed by atoms with Gasteiger partial charge in [-0.2, -0.15) is 0 Å². The van der Waals surface area contributed by atoms with Crippen molar-refractivity contribution in [2.24, 2.45) is 0 Å². The average Bonchev–Trinajstić information content (AvgIpc) is 2.83. The summed E-state index contributed by atoms with van der Waals surface area (Å²) >= 11 is 1.50. The molecule has 2 nitrogen and oxygen atoms in total. The number of ketones is 1. The van der Waals surface area contributed by atoms with Gasteiger partial charge in [0.2, 0.25) is 0 Å². The highest BCUT2D eigenvalue weighted by Crippen LogP contribution is 2.33. The van der Waals surface area contributed by atoms with Crippen LogP contribution >= 0.6 is 11.3 Å². The molecule has 1 heterocycles. The van der Waals surface area contributed by atoms with Gasteiger partial charge in [-0.05, 0) is 16.9 Å². The Labute approximate surface area is 131 Å². The molecule has 0 aliphatic heterocycles. The van der Waals surface area contributed by atoms with Crippen LogP contribution in [0.1, 0.15) is 68.4 Å². The molecule has 0 aliphatic carbocycles. The van der Waals surface area contributed by atoms with Crippen molar-refractivity contribution >= 4 is 17.1 Å². The summed E-state index contributed by atoms with van der Waals surface area (Å²) in [5, 5.41) is 0.935. The Balaban J connectivity index is 2.43. The number of hydrogen-bond donors (Lipinski definition) is 0. The smallest absolute Gasteiger partial charge is 0.171 e. The average molecular weight is 301 g/mol. The zero-order valence-electron chi connectivity index (χ0n) is 13.7. The Bertz CT molecular complexity index is 645. The van der Waals surface area contributed by atoms with Gasteiger partial charge in [0.1, 0.15) is 5.01 Å². The first-order valence-electron chi connectivity index (χ1n) is 7.32. The van der Waals surface area contributed by atoms with Gasteiger partial charge < -0.3 is 0 Å². The van der Waals surface area contributed by atoms with Crippen molar-refractivity contribution in [3.63, 3.8) is 0 Å². The van der Waals surface area contributed by atoms with Gasteiger partial charge in [0.25, 0.3) is 0 Å². The second kappa shape index (κ2) is 5.72.